The normalized spacial score (nSPS) is 11.1. The molecule has 100 valence electrons. The zero-order valence-electron chi connectivity index (χ0n) is 11.2. The van der Waals surface area contributed by atoms with Crippen LogP contribution in [0.3, 0.4) is 0 Å². The van der Waals surface area contributed by atoms with Crippen LogP contribution in [-0.4, -0.2) is 24.2 Å². The highest BCUT2D eigenvalue weighted by Gasteiger charge is 2.11. The van der Waals surface area contributed by atoms with Crippen LogP contribution in [0.4, 0.5) is 5.69 Å². The number of hydrogen-bond acceptors (Lipinski definition) is 4. The highest BCUT2D eigenvalue weighted by Crippen LogP contribution is 2.18. The van der Waals surface area contributed by atoms with Crippen molar-refractivity contribution in [3.63, 3.8) is 0 Å². The number of carbonyl (C=O) groups excluding carboxylic acids is 1. The van der Waals surface area contributed by atoms with Crippen molar-refractivity contribution >= 4 is 11.7 Å². The molecule has 0 amide bonds. The molecule has 0 unspecified atom stereocenters. The fraction of sp³-hybridized carbons (Fsp3) is 0.500. The minimum absolute atomic E-state index is 0.134. The quantitative estimate of drug-likeness (QED) is 0.624. The van der Waals surface area contributed by atoms with E-state index in [2.05, 4.69) is 26.1 Å². The van der Waals surface area contributed by atoms with Gasteiger partial charge in [-0.3, -0.25) is 4.79 Å². The summed E-state index contributed by atoms with van der Waals surface area (Å²) >= 11 is 0. The third-order valence-corrected chi connectivity index (χ3v) is 2.42. The molecule has 1 rings (SSSR count). The Labute approximate surface area is 108 Å². The van der Waals surface area contributed by atoms with Gasteiger partial charge in [0.1, 0.15) is 12.3 Å². The second kappa shape index (κ2) is 6.28. The van der Waals surface area contributed by atoms with Crippen molar-refractivity contribution in [1.82, 2.24) is 0 Å². The first-order valence-electron chi connectivity index (χ1n) is 6.05. The maximum absolute atomic E-state index is 11.4. The number of benzene rings is 1. The predicted octanol–water partition coefficient (Wildman–Crippen LogP) is 2.78. The third kappa shape index (κ3) is 6.13. The molecule has 1 aromatic carbocycles. The molecule has 0 bridgehead atoms. The van der Waals surface area contributed by atoms with Crippen LogP contribution >= 0.6 is 0 Å². The number of carbonyl (C=O) groups is 1. The topological polar surface area (TPSA) is 58.6 Å². The van der Waals surface area contributed by atoms with Crippen LogP contribution in [0.25, 0.3) is 0 Å². The summed E-state index contributed by atoms with van der Waals surface area (Å²) in [5, 5.41) is 12.0. The molecule has 1 aromatic rings. The van der Waals surface area contributed by atoms with Gasteiger partial charge in [0.25, 0.3) is 0 Å². The number of phenolic OH excluding ortho intramolecular Hbond substituents is 1. The summed E-state index contributed by atoms with van der Waals surface area (Å²) in [5.74, 6) is -0.0689. The standard InChI is InChI=1S/C14H21NO3/c1-14(2,3)8-9-18-13(17)10-15-11-4-6-12(16)7-5-11/h4-7,15-16H,8-10H2,1-3H3. The number of ether oxygens (including phenoxy) is 1. The summed E-state index contributed by atoms with van der Waals surface area (Å²) in [6.45, 7) is 6.90. The van der Waals surface area contributed by atoms with E-state index in [1.54, 1.807) is 24.3 Å². The second-order valence-electron chi connectivity index (χ2n) is 5.43. The number of rotatable bonds is 5. The van der Waals surface area contributed by atoms with E-state index >= 15 is 0 Å². The molecule has 2 N–H and O–H groups in total. The lowest BCUT2D eigenvalue weighted by atomic mass is 9.93. The molecule has 18 heavy (non-hydrogen) atoms. The largest absolute Gasteiger partial charge is 0.508 e. The molecule has 0 heterocycles. The number of nitrogens with one attached hydrogen (secondary N) is 1. The molecule has 0 spiro atoms. The molecule has 0 aliphatic heterocycles. The van der Waals surface area contributed by atoms with Crippen molar-refractivity contribution in [2.24, 2.45) is 5.41 Å². The van der Waals surface area contributed by atoms with Crippen LogP contribution in [-0.2, 0) is 9.53 Å². The molecule has 0 saturated carbocycles. The average Bonchev–Trinajstić information content (AvgIpc) is 2.26. The summed E-state index contributed by atoms with van der Waals surface area (Å²) in [4.78, 5) is 11.4. The van der Waals surface area contributed by atoms with E-state index in [1.165, 1.54) is 0 Å². The molecule has 0 aliphatic carbocycles. The van der Waals surface area contributed by atoms with E-state index in [-0.39, 0.29) is 23.7 Å². The number of anilines is 1. The van der Waals surface area contributed by atoms with Crippen LogP contribution in [0.15, 0.2) is 24.3 Å². The number of esters is 1. The van der Waals surface area contributed by atoms with Gasteiger partial charge >= 0.3 is 5.97 Å². The Morgan fingerprint density at radius 3 is 2.44 bits per heavy atom. The van der Waals surface area contributed by atoms with Gasteiger partial charge in [-0.2, -0.15) is 0 Å². The Hall–Kier alpha value is -1.71. The van der Waals surface area contributed by atoms with E-state index in [4.69, 9.17) is 9.84 Å². The minimum Gasteiger partial charge on any atom is -0.508 e. The summed E-state index contributed by atoms with van der Waals surface area (Å²) in [5.41, 5.74) is 0.950. The van der Waals surface area contributed by atoms with Crippen molar-refractivity contribution in [2.75, 3.05) is 18.5 Å². The van der Waals surface area contributed by atoms with Gasteiger partial charge in [0, 0.05) is 5.69 Å². The third-order valence-electron chi connectivity index (χ3n) is 2.42. The van der Waals surface area contributed by atoms with Gasteiger partial charge in [-0.05, 0) is 36.1 Å². The highest BCUT2D eigenvalue weighted by molar-refractivity contribution is 5.75. The average molecular weight is 251 g/mol. The fourth-order valence-corrected chi connectivity index (χ4v) is 1.28. The Morgan fingerprint density at radius 1 is 1.28 bits per heavy atom. The van der Waals surface area contributed by atoms with Crippen LogP contribution in [0.2, 0.25) is 0 Å². The van der Waals surface area contributed by atoms with E-state index < -0.39 is 0 Å². The Bertz CT molecular complexity index is 379. The number of hydrogen-bond donors (Lipinski definition) is 2. The van der Waals surface area contributed by atoms with Crippen LogP contribution in [0.5, 0.6) is 5.75 Å². The first-order valence-corrected chi connectivity index (χ1v) is 6.05. The van der Waals surface area contributed by atoms with Crippen molar-refractivity contribution in [3.8, 4) is 5.75 Å². The number of phenols is 1. The minimum atomic E-state index is -0.271. The van der Waals surface area contributed by atoms with E-state index in [1.807, 2.05) is 0 Å². The van der Waals surface area contributed by atoms with Crippen LogP contribution in [0.1, 0.15) is 27.2 Å². The van der Waals surface area contributed by atoms with E-state index in [9.17, 15) is 4.79 Å². The zero-order chi connectivity index (χ0) is 13.6. The van der Waals surface area contributed by atoms with Crippen molar-refractivity contribution in [3.05, 3.63) is 24.3 Å². The molecular formula is C14H21NO3. The molecule has 4 heteroatoms. The SMILES string of the molecule is CC(C)(C)CCOC(=O)CNc1ccc(O)cc1. The Kier molecular flexibility index (Phi) is 5.01. The van der Waals surface area contributed by atoms with Gasteiger partial charge in [-0.25, -0.2) is 0 Å². The first kappa shape index (κ1) is 14.4. The lowest BCUT2D eigenvalue weighted by Crippen LogP contribution is -2.19. The van der Waals surface area contributed by atoms with Gasteiger partial charge in [-0.15, -0.1) is 0 Å². The van der Waals surface area contributed by atoms with Gasteiger partial charge in [0.05, 0.1) is 6.61 Å². The van der Waals surface area contributed by atoms with Crippen molar-refractivity contribution < 1.29 is 14.6 Å². The van der Waals surface area contributed by atoms with Gasteiger partial charge < -0.3 is 15.2 Å². The van der Waals surface area contributed by atoms with E-state index in [0.717, 1.165) is 12.1 Å². The zero-order valence-corrected chi connectivity index (χ0v) is 11.2. The first-order chi connectivity index (χ1) is 8.37. The molecule has 0 atom stereocenters. The molecule has 0 fully saturated rings. The lowest BCUT2D eigenvalue weighted by molar-refractivity contribution is -0.142. The van der Waals surface area contributed by atoms with Crippen molar-refractivity contribution in [1.29, 1.82) is 0 Å². The number of aromatic hydroxyl groups is 1. The van der Waals surface area contributed by atoms with Crippen LogP contribution in [0, 0.1) is 5.41 Å². The van der Waals surface area contributed by atoms with Gasteiger partial charge in [0.2, 0.25) is 0 Å². The second-order valence-corrected chi connectivity index (χ2v) is 5.43. The van der Waals surface area contributed by atoms with E-state index in [0.29, 0.717) is 6.61 Å². The summed E-state index contributed by atoms with van der Waals surface area (Å²) in [6.07, 6.45) is 0.845. The molecule has 0 aliphatic rings. The Balaban J connectivity index is 2.23. The van der Waals surface area contributed by atoms with Gasteiger partial charge in [0.15, 0.2) is 0 Å². The maximum Gasteiger partial charge on any atom is 0.325 e. The summed E-state index contributed by atoms with van der Waals surface area (Å²) in [6, 6.07) is 6.54. The van der Waals surface area contributed by atoms with Crippen LogP contribution < -0.4 is 5.32 Å². The monoisotopic (exact) mass is 251 g/mol. The predicted molar refractivity (Wildman–Crippen MR) is 71.6 cm³/mol. The smallest absolute Gasteiger partial charge is 0.325 e. The molecule has 0 radical (unpaired) electrons. The maximum atomic E-state index is 11.4. The Morgan fingerprint density at radius 2 is 1.89 bits per heavy atom. The van der Waals surface area contributed by atoms with Crippen molar-refractivity contribution in [2.45, 2.75) is 27.2 Å². The van der Waals surface area contributed by atoms with Gasteiger partial charge in [-0.1, -0.05) is 20.8 Å². The molecule has 0 saturated heterocycles. The fourth-order valence-electron chi connectivity index (χ4n) is 1.28. The molecule has 0 aromatic heterocycles. The highest BCUT2D eigenvalue weighted by atomic mass is 16.5. The summed E-state index contributed by atoms with van der Waals surface area (Å²) in [7, 11) is 0. The summed E-state index contributed by atoms with van der Waals surface area (Å²) < 4.78 is 5.11. The molecular weight excluding hydrogens is 230 g/mol. The molecule has 4 nitrogen and oxygen atoms in total. The lowest BCUT2D eigenvalue weighted by Gasteiger charge is -2.17.